The molecule has 0 aliphatic carbocycles. The third-order valence-corrected chi connectivity index (χ3v) is 2.03. The largest absolute Gasteiger partial charge is 0.505 e. The van der Waals surface area contributed by atoms with E-state index in [1.165, 1.54) is 0 Å². The second-order valence-electron chi connectivity index (χ2n) is 3.22. The molecule has 98 valence electrons. The van der Waals surface area contributed by atoms with Gasteiger partial charge in [0.2, 0.25) is 0 Å². The van der Waals surface area contributed by atoms with Gasteiger partial charge in [0.15, 0.2) is 17.7 Å². The van der Waals surface area contributed by atoms with Crippen LogP contribution in [0.3, 0.4) is 0 Å². The van der Waals surface area contributed by atoms with Crippen molar-refractivity contribution in [2.75, 3.05) is 0 Å². The van der Waals surface area contributed by atoms with E-state index in [-0.39, 0.29) is 18.0 Å². The van der Waals surface area contributed by atoms with Crippen LogP contribution in [0.25, 0.3) is 0 Å². The van der Waals surface area contributed by atoms with Crippen molar-refractivity contribution in [2.24, 2.45) is 5.73 Å². The van der Waals surface area contributed by atoms with Gasteiger partial charge in [-0.25, -0.2) is 4.39 Å². The second kappa shape index (κ2) is 5.52. The number of aromatic hydroxyl groups is 1. The Morgan fingerprint density at radius 3 is 2.18 bits per heavy atom. The van der Waals surface area contributed by atoms with E-state index in [9.17, 15) is 17.6 Å². The highest BCUT2D eigenvalue weighted by atomic mass is 35.5. The number of aliphatic hydroxyl groups is 1. The van der Waals surface area contributed by atoms with Crippen LogP contribution in [-0.4, -0.2) is 22.5 Å². The molecule has 0 radical (unpaired) electrons. The molecular weight excluding hydrogens is 266 g/mol. The third kappa shape index (κ3) is 3.72. The van der Waals surface area contributed by atoms with Gasteiger partial charge in [-0.2, -0.15) is 13.2 Å². The summed E-state index contributed by atoms with van der Waals surface area (Å²) in [6, 6.07) is 0.732. The molecule has 0 saturated heterocycles. The van der Waals surface area contributed by atoms with Gasteiger partial charge in [-0.05, 0) is 17.7 Å². The van der Waals surface area contributed by atoms with Crippen LogP contribution in [0.15, 0.2) is 18.2 Å². The highest BCUT2D eigenvalue weighted by Gasteiger charge is 2.42. The Kier molecular flexibility index (Phi) is 5.18. The first-order valence-corrected chi connectivity index (χ1v) is 4.22. The lowest BCUT2D eigenvalue weighted by atomic mass is 10.0. The minimum absolute atomic E-state index is 0. The molecule has 0 spiro atoms. The first-order valence-electron chi connectivity index (χ1n) is 4.22. The van der Waals surface area contributed by atoms with E-state index in [4.69, 9.17) is 15.9 Å². The zero-order valence-corrected chi connectivity index (χ0v) is 9.10. The number of phenols is 1. The van der Waals surface area contributed by atoms with Gasteiger partial charge in [0.25, 0.3) is 0 Å². The van der Waals surface area contributed by atoms with Gasteiger partial charge in [-0.3, -0.25) is 0 Å². The molecule has 0 bridgehead atoms. The number of nitrogens with two attached hydrogens (primary N) is 1. The molecule has 0 saturated carbocycles. The van der Waals surface area contributed by atoms with Crippen LogP contribution in [-0.2, 0) is 0 Å². The van der Waals surface area contributed by atoms with Crippen LogP contribution in [0, 0.1) is 5.82 Å². The maximum Gasteiger partial charge on any atom is 0.416 e. The van der Waals surface area contributed by atoms with Crippen molar-refractivity contribution in [1.82, 2.24) is 0 Å². The molecule has 17 heavy (non-hydrogen) atoms. The average molecular weight is 276 g/mol. The van der Waals surface area contributed by atoms with E-state index in [1.807, 2.05) is 0 Å². The van der Waals surface area contributed by atoms with Crippen molar-refractivity contribution in [2.45, 2.75) is 18.3 Å². The van der Waals surface area contributed by atoms with Gasteiger partial charge >= 0.3 is 6.18 Å². The molecule has 2 atom stereocenters. The Labute approximate surface area is 100 Å². The van der Waals surface area contributed by atoms with E-state index in [2.05, 4.69) is 0 Å². The molecule has 1 aromatic carbocycles. The Balaban J connectivity index is 0.00000256. The molecule has 3 nitrogen and oxygen atoms in total. The number of rotatable bonds is 2. The Bertz CT molecular complexity index is 386. The first kappa shape index (κ1) is 16.0. The topological polar surface area (TPSA) is 66.5 Å². The lowest BCUT2D eigenvalue weighted by molar-refractivity contribution is -0.210. The normalized spacial score (nSPS) is 14.9. The highest BCUT2D eigenvalue weighted by Crippen LogP contribution is 2.30. The molecular formula is C9H10ClF4NO2. The van der Waals surface area contributed by atoms with Crippen molar-refractivity contribution in [3.8, 4) is 5.75 Å². The zero-order chi connectivity index (χ0) is 12.5. The fourth-order valence-corrected chi connectivity index (χ4v) is 1.12. The molecule has 0 fully saturated rings. The first-order chi connectivity index (χ1) is 7.23. The Morgan fingerprint density at radius 1 is 1.24 bits per heavy atom. The lowest BCUT2D eigenvalue weighted by Crippen LogP contribution is -2.38. The van der Waals surface area contributed by atoms with Crippen LogP contribution < -0.4 is 5.73 Å². The maximum atomic E-state index is 12.8. The molecule has 0 aromatic heterocycles. The van der Waals surface area contributed by atoms with Crippen molar-refractivity contribution >= 4 is 12.4 Å². The Morgan fingerprint density at radius 2 is 1.76 bits per heavy atom. The summed E-state index contributed by atoms with van der Waals surface area (Å²) in [4.78, 5) is 0. The molecule has 0 amide bonds. The molecule has 1 aromatic rings. The molecule has 0 aliphatic rings. The SMILES string of the molecule is Cl.N[C@H](c1ccc(O)c(F)c1)[C@@H](O)C(F)(F)F. The smallest absolute Gasteiger partial charge is 0.416 e. The Hall–Kier alpha value is -1.05. The zero-order valence-electron chi connectivity index (χ0n) is 8.28. The molecule has 1 rings (SSSR count). The summed E-state index contributed by atoms with van der Waals surface area (Å²) < 4.78 is 49.1. The van der Waals surface area contributed by atoms with Crippen LogP contribution in [0.5, 0.6) is 5.75 Å². The van der Waals surface area contributed by atoms with E-state index in [0.29, 0.717) is 6.07 Å². The number of halogens is 5. The van der Waals surface area contributed by atoms with Gasteiger partial charge in [0.1, 0.15) is 0 Å². The predicted octanol–water partition coefficient (Wildman–Crippen LogP) is 1.88. The van der Waals surface area contributed by atoms with Gasteiger partial charge in [0.05, 0.1) is 6.04 Å². The summed E-state index contributed by atoms with van der Waals surface area (Å²) in [6.07, 6.45) is -7.66. The van der Waals surface area contributed by atoms with Gasteiger partial charge in [-0.15, -0.1) is 12.4 Å². The fraction of sp³-hybridized carbons (Fsp3) is 0.333. The number of phenolic OH excluding ortho intramolecular Hbond substituents is 1. The van der Waals surface area contributed by atoms with E-state index < -0.39 is 29.9 Å². The number of hydrogen-bond donors (Lipinski definition) is 3. The molecule has 4 N–H and O–H groups in total. The monoisotopic (exact) mass is 275 g/mol. The minimum Gasteiger partial charge on any atom is -0.505 e. The summed E-state index contributed by atoms with van der Waals surface area (Å²) in [5.74, 6) is -1.79. The van der Waals surface area contributed by atoms with Crippen LogP contribution >= 0.6 is 12.4 Å². The van der Waals surface area contributed by atoms with E-state index in [1.54, 1.807) is 0 Å². The summed E-state index contributed by atoms with van der Waals surface area (Å²) in [5, 5.41) is 17.7. The number of aliphatic hydroxyl groups excluding tert-OH is 1. The van der Waals surface area contributed by atoms with Crippen molar-refractivity contribution in [3.05, 3.63) is 29.6 Å². The van der Waals surface area contributed by atoms with Crippen molar-refractivity contribution < 1.29 is 27.8 Å². The van der Waals surface area contributed by atoms with Gasteiger partial charge in [0, 0.05) is 0 Å². The average Bonchev–Trinajstić information content (AvgIpc) is 2.18. The molecule has 8 heteroatoms. The molecule has 0 unspecified atom stereocenters. The van der Waals surface area contributed by atoms with Crippen molar-refractivity contribution in [3.63, 3.8) is 0 Å². The summed E-state index contributed by atoms with van der Waals surface area (Å²) in [6.45, 7) is 0. The lowest BCUT2D eigenvalue weighted by Gasteiger charge is -2.21. The number of alkyl halides is 3. The van der Waals surface area contributed by atoms with Crippen LogP contribution in [0.4, 0.5) is 17.6 Å². The third-order valence-electron chi connectivity index (χ3n) is 2.03. The van der Waals surface area contributed by atoms with Gasteiger partial charge in [-0.1, -0.05) is 6.07 Å². The van der Waals surface area contributed by atoms with Crippen LogP contribution in [0.1, 0.15) is 11.6 Å². The standard InChI is InChI=1S/C9H9F4NO2.ClH/c10-5-3-4(1-2-6(5)15)7(14)8(16)9(11,12)13;/h1-3,7-8,15-16H,14H2;1H/t7-,8-;/m1./s1. The summed E-state index contributed by atoms with van der Waals surface area (Å²) in [7, 11) is 0. The van der Waals surface area contributed by atoms with Crippen LogP contribution in [0.2, 0.25) is 0 Å². The van der Waals surface area contributed by atoms with Crippen molar-refractivity contribution in [1.29, 1.82) is 0 Å². The summed E-state index contributed by atoms with van der Waals surface area (Å²) in [5.41, 5.74) is 4.88. The van der Waals surface area contributed by atoms with Gasteiger partial charge < -0.3 is 15.9 Å². The maximum absolute atomic E-state index is 12.8. The molecule has 0 aliphatic heterocycles. The predicted molar refractivity (Wildman–Crippen MR) is 54.3 cm³/mol. The number of hydrogen-bond acceptors (Lipinski definition) is 3. The minimum atomic E-state index is -4.88. The quantitative estimate of drug-likeness (QED) is 0.722. The number of benzene rings is 1. The summed E-state index contributed by atoms with van der Waals surface area (Å²) >= 11 is 0. The second-order valence-corrected chi connectivity index (χ2v) is 3.22. The van der Waals surface area contributed by atoms with E-state index in [0.717, 1.165) is 12.1 Å². The highest BCUT2D eigenvalue weighted by molar-refractivity contribution is 5.85. The molecule has 0 heterocycles. The fourth-order valence-electron chi connectivity index (χ4n) is 1.12. The van der Waals surface area contributed by atoms with E-state index >= 15 is 0 Å².